The third-order valence-corrected chi connectivity index (χ3v) is 6.76. The molecule has 1 N–H and O–H groups in total. The monoisotopic (exact) mass is 422 g/mol. The minimum absolute atomic E-state index is 0.0279. The highest BCUT2D eigenvalue weighted by molar-refractivity contribution is 7.98. The van der Waals surface area contributed by atoms with Gasteiger partial charge in [0.2, 0.25) is 5.95 Å². The van der Waals surface area contributed by atoms with Gasteiger partial charge in [0.05, 0.1) is 0 Å². The summed E-state index contributed by atoms with van der Waals surface area (Å²) in [6.07, 6.45) is 9.46. The minimum atomic E-state index is 0.0279. The Bertz CT molecular complexity index is 1040. The molecule has 0 aliphatic heterocycles. The van der Waals surface area contributed by atoms with Crippen LogP contribution < -0.4 is 10.9 Å². The Kier molecular flexibility index (Phi) is 6.72. The molecule has 0 spiro atoms. The normalized spacial score (nSPS) is 15.5. The minimum Gasteiger partial charge on any atom is -0.354 e. The van der Waals surface area contributed by atoms with Crippen molar-refractivity contribution >= 4 is 28.7 Å². The van der Waals surface area contributed by atoms with Crippen LogP contribution in [0.15, 0.2) is 47.4 Å². The lowest BCUT2D eigenvalue weighted by Gasteiger charge is -2.20. The van der Waals surface area contributed by atoms with Gasteiger partial charge in [0.25, 0.3) is 5.56 Å². The number of aromatic nitrogens is 3. The van der Waals surface area contributed by atoms with Crippen molar-refractivity contribution in [3.8, 4) is 0 Å². The molecule has 1 fully saturated rings. The molecule has 1 unspecified atom stereocenters. The van der Waals surface area contributed by atoms with Gasteiger partial charge in [-0.25, -0.2) is 4.98 Å². The molecule has 30 heavy (non-hydrogen) atoms. The Balaban J connectivity index is 1.77. The zero-order chi connectivity index (χ0) is 20.9. The molecule has 1 atom stereocenters. The maximum Gasteiger partial charge on any atom is 0.256 e. The van der Waals surface area contributed by atoms with E-state index >= 15 is 0 Å². The molecule has 2 heterocycles. The van der Waals surface area contributed by atoms with Crippen LogP contribution in [0.1, 0.15) is 62.1 Å². The van der Waals surface area contributed by atoms with E-state index in [1.54, 1.807) is 0 Å². The van der Waals surface area contributed by atoms with Gasteiger partial charge in [0.15, 0.2) is 0 Å². The van der Waals surface area contributed by atoms with Crippen molar-refractivity contribution in [3.05, 3.63) is 64.1 Å². The molecule has 4 rings (SSSR count). The first-order valence-electron chi connectivity index (χ1n) is 10.9. The highest BCUT2D eigenvalue weighted by Gasteiger charge is 2.24. The Hall–Kier alpha value is -2.34. The van der Waals surface area contributed by atoms with E-state index in [2.05, 4.69) is 35.6 Å². The molecule has 1 aliphatic rings. The number of anilines is 1. The molecule has 0 amide bonds. The lowest BCUT2D eigenvalue weighted by Crippen LogP contribution is -2.29. The maximum absolute atomic E-state index is 13.7. The standard InChI is InChI=1S/C24H30N4OS/c1-17(18-9-4-3-5-10-18)21-15-19-16-26-24(25-13-8-14-30-2)27-22(19)28(23(21)29)20-11-6-7-12-20/h3-5,9-10,15-17,20H,6-8,11-14H2,1-2H3,(H,25,26,27). The SMILES string of the molecule is CSCCCNc1ncc2cc(C(C)c3ccccc3)c(=O)n(C3CCCC3)c2n1. The fourth-order valence-corrected chi connectivity index (χ4v) is 4.81. The first-order chi connectivity index (χ1) is 14.7. The zero-order valence-corrected chi connectivity index (χ0v) is 18.6. The lowest BCUT2D eigenvalue weighted by molar-refractivity contribution is 0.511. The molecule has 3 aromatic rings. The summed E-state index contributed by atoms with van der Waals surface area (Å²) < 4.78 is 1.96. The van der Waals surface area contributed by atoms with Gasteiger partial charge in [-0.1, -0.05) is 50.1 Å². The molecule has 0 radical (unpaired) electrons. The van der Waals surface area contributed by atoms with Crippen LogP contribution in [0, 0.1) is 0 Å². The third-order valence-electron chi connectivity index (χ3n) is 6.07. The number of benzene rings is 1. The number of thioether (sulfide) groups is 1. The topological polar surface area (TPSA) is 59.8 Å². The van der Waals surface area contributed by atoms with E-state index in [1.165, 1.54) is 12.8 Å². The van der Waals surface area contributed by atoms with E-state index in [1.807, 2.05) is 46.8 Å². The van der Waals surface area contributed by atoms with Crippen molar-refractivity contribution in [3.63, 3.8) is 0 Å². The zero-order valence-electron chi connectivity index (χ0n) is 17.8. The molecule has 1 aromatic carbocycles. The highest BCUT2D eigenvalue weighted by atomic mass is 32.2. The van der Waals surface area contributed by atoms with E-state index in [-0.39, 0.29) is 17.5 Å². The fraction of sp³-hybridized carbons (Fsp3) is 0.458. The van der Waals surface area contributed by atoms with Crippen molar-refractivity contribution < 1.29 is 0 Å². The molecular weight excluding hydrogens is 392 g/mol. The fourth-order valence-electron chi connectivity index (χ4n) is 4.38. The molecule has 1 saturated carbocycles. The Labute approximate surface area is 182 Å². The molecule has 0 saturated heterocycles. The predicted octanol–water partition coefficient (Wildman–Crippen LogP) is 5.22. The van der Waals surface area contributed by atoms with E-state index in [0.717, 1.165) is 53.7 Å². The number of hydrogen-bond acceptors (Lipinski definition) is 5. The molecule has 6 heteroatoms. The van der Waals surface area contributed by atoms with Crippen LogP contribution in [0.25, 0.3) is 11.0 Å². The van der Waals surface area contributed by atoms with Crippen molar-refractivity contribution in [1.29, 1.82) is 0 Å². The number of pyridine rings is 1. The van der Waals surface area contributed by atoms with E-state index in [4.69, 9.17) is 4.98 Å². The van der Waals surface area contributed by atoms with E-state index in [0.29, 0.717) is 5.95 Å². The molecule has 158 valence electrons. The number of rotatable bonds is 8. The second-order valence-electron chi connectivity index (χ2n) is 8.09. The average Bonchev–Trinajstić information content (AvgIpc) is 3.31. The quantitative estimate of drug-likeness (QED) is 0.504. The summed E-state index contributed by atoms with van der Waals surface area (Å²) in [4.78, 5) is 23.0. The summed E-state index contributed by atoms with van der Waals surface area (Å²) in [5.74, 6) is 1.74. The third kappa shape index (κ3) is 4.38. The summed E-state index contributed by atoms with van der Waals surface area (Å²) in [5, 5.41) is 4.26. The Morgan fingerprint density at radius 1 is 1.23 bits per heavy atom. The van der Waals surface area contributed by atoms with Crippen LogP contribution >= 0.6 is 11.8 Å². The second kappa shape index (κ2) is 9.65. The van der Waals surface area contributed by atoms with Gasteiger partial charge in [-0.3, -0.25) is 9.36 Å². The largest absolute Gasteiger partial charge is 0.354 e. The van der Waals surface area contributed by atoms with Crippen LogP contribution in [0.4, 0.5) is 5.95 Å². The Morgan fingerprint density at radius 3 is 2.73 bits per heavy atom. The number of nitrogens with zero attached hydrogens (tertiary/aromatic N) is 3. The van der Waals surface area contributed by atoms with Crippen LogP contribution in [-0.2, 0) is 0 Å². The second-order valence-corrected chi connectivity index (χ2v) is 9.08. The maximum atomic E-state index is 13.7. The summed E-state index contributed by atoms with van der Waals surface area (Å²) in [7, 11) is 0. The molecule has 1 aliphatic carbocycles. The van der Waals surface area contributed by atoms with E-state index < -0.39 is 0 Å². The van der Waals surface area contributed by atoms with Gasteiger partial charge in [0, 0.05) is 35.7 Å². The van der Waals surface area contributed by atoms with Gasteiger partial charge in [0.1, 0.15) is 5.65 Å². The van der Waals surface area contributed by atoms with Crippen molar-refractivity contribution in [2.45, 2.75) is 51.0 Å². The summed E-state index contributed by atoms with van der Waals surface area (Å²) in [5.41, 5.74) is 2.83. The van der Waals surface area contributed by atoms with Gasteiger partial charge in [-0.05, 0) is 42.9 Å². The number of hydrogen-bond donors (Lipinski definition) is 1. The molecular formula is C24H30N4OS. The van der Waals surface area contributed by atoms with Gasteiger partial charge >= 0.3 is 0 Å². The van der Waals surface area contributed by atoms with Crippen molar-refractivity contribution in [2.75, 3.05) is 23.9 Å². The van der Waals surface area contributed by atoms with Crippen LogP contribution in [0.2, 0.25) is 0 Å². The molecule has 5 nitrogen and oxygen atoms in total. The summed E-state index contributed by atoms with van der Waals surface area (Å²) in [6.45, 7) is 2.95. The summed E-state index contributed by atoms with van der Waals surface area (Å²) >= 11 is 1.84. The van der Waals surface area contributed by atoms with Crippen LogP contribution in [0.5, 0.6) is 0 Å². The number of nitrogens with one attached hydrogen (secondary N) is 1. The Morgan fingerprint density at radius 2 is 2.00 bits per heavy atom. The van der Waals surface area contributed by atoms with E-state index in [9.17, 15) is 4.79 Å². The van der Waals surface area contributed by atoms with Crippen molar-refractivity contribution in [1.82, 2.24) is 14.5 Å². The average molecular weight is 423 g/mol. The van der Waals surface area contributed by atoms with Crippen molar-refractivity contribution in [2.24, 2.45) is 0 Å². The first kappa shape index (κ1) is 20.9. The first-order valence-corrected chi connectivity index (χ1v) is 12.3. The number of fused-ring (bicyclic) bond motifs is 1. The lowest BCUT2D eigenvalue weighted by atomic mass is 9.93. The molecule has 2 aromatic heterocycles. The van der Waals surface area contributed by atoms with Gasteiger partial charge < -0.3 is 5.32 Å². The van der Waals surface area contributed by atoms with Crippen LogP contribution in [0.3, 0.4) is 0 Å². The van der Waals surface area contributed by atoms with Gasteiger partial charge in [-0.15, -0.1) is 0 Å². The predicted molar refractivity (Wildman–Crippen MR) is 127 cm³/mol. The highest BCUT2D eigenvalue weighted by Crippen LogP contribution is 2.32. The smallest absolute Gasteiger partial charge is 0.256 e. The van der Waals surface area contributed by atoms with Gasteiger partial charge in [-0.2, -0.15) is 16.7 Å². The summed E-state index contributed by atoms with van der Waals surface area (Å²) in [6, 6.07) is 12.5. The molecule has 0 bridgehead atoms. The van der Waals surface area contributed by atoms with Crippen LogP contribution in [-0.4, -0.2) is 33.1 Å².